The van der Waals surface area contributed by atoms with Crippen molar-refractivity contribution in [1.29, 1.82) is 0 Å². The Hall–Kier alpha value is -1.05. The average molecular weight is 151 g/mol. The van der Waals surface area contributed by atoms with Gasteiger partial charge in [-0.05, 0) is 25.3 Å². The maximum Gasteiger partial charge on any atom is 0.133 e. The Balaban J connectivity index is 2.41. The predicted octanol–water partition coefficient (Wildman–Crippen LogP) is 2.64. The summed E-state index contributed by atoms with van der Waals surface area (Å²) in [6, 6.07) is 0. The van der Waals surface area contributed by atoms with Crippen LogP contribution in [-0.4, -0.2) is 0 Å². The van der Waals surface area contributed by atoms with Crippen LogP contribution in [0.25, 0.3) is 0 Å². The van der Waals surface area contributed by atoms with Gasteiger partial charge in [0.15, 0.2) is 0 Å². The van der Waals surface area contributed by atoms with E-state index in [-0.39, 0.29) is 5.83 Å². The van der Waals surface area contributed by atoms with Gasteiger partial charge in [-0.1, -0.05) is 0 Å². The van der Waals surface area contributed by atoms with Crippen molar-refractivity contribution in [1.82, 2.24) is 0 Å². The number of hydrogen-bond donors (Lipinski definition) is 0. The maximum absolute atomic E-state index is 13.0. The minimum absolute atomic E-state index is 0.192. The molecule has 0 bridgehead atoms. The SMILES string of the molecule is FC1=C2[CH]CCC=C2OC=C1. The van der Waals surface area contributed by atoms with E-state index in [0.717, 1.165) is 12.8 Å². The zero-order chi connectivity index (χ0) is 7.68. The van der Waals surface area contributed by atoms with Crippen LogP contribution >= 0.6 is 0 Å². The number of rotatable bonds is 0. The minimum atomic E-state index is -0.192. The van der Waals surface area contributed by atoms with E-state index >= 15 is 0 Å². The first-order valence-electron chi connectivity index (χ1n) is 3.64. The number of fused-ring (bicyclic) bond motifs is 1. The molecule has 2 rings (SSSR count). The quantitative estimate of drug-likeness (QED) is 0.517. The Labute approximate surface area is 64.9 Å². The highest BCUT2D eigenvalue weighted by Crippen LogP contribution is 2.30. The van der Waals surface area contributed by atoms with Gasteiger partial charge in [0.2, 0.25) is 0 Å². The lowest BCUT2D eigenvalue weighted by molar-refractivity contribution is 0.343. The molecule has 0 aromatic rings. The molecule has 0 saturated carbocycles. The van der Waals surface area contributed by atoms with Crippen LogP contribution in [0.5, 0.6) is 0 Å². The van der Waals surface area contributed by atoms with Crippen LogP contribution in [0.15, 0.2) is 35.6 Å². The van der Waals surface area contributed by atoms with E-state index in [9.17, 15) is 4.39 Å². The molecule has 1 aliphatic heterocycles. The fourth-order valence-corrected chi connectivity index (χ4v) is 1.24. The summed E-state index contributed by atoms with van der Waals surface area (Å²) in [4.78, 5) is 0. The van der Waals surface area contributed by atoms with Crippen LogP contribution in [0, 0.1) is 6.42 Å². The highest BCUT2D eigenvalue weighted by atomic mass is 19.1. The van der Waals surface area contributed by atoms with Gasteiger partial charge in [-0.2, -0.15) is 0 Å². The third-order valence-electron chi connectivity index (χ3n) is 1.78. The van der Waals surface area contributed by atoms with E-state index in [1.807, 2.05) is 12.5 Å². The van der Waals surface area contributed by atoms with E-state index in [1.54, 1.807) is 0 Å². The van der Waals surface area contributed by atoms with Crippen molar-refractivity contribution in [3.05, 3.63) is 42.0 Å². The van der Waals surface area contributed by atoms with Crippen molar-refractivity contribution in [2.45, 2.75) is 12.8 Å². The van der Waals surface area contributed by atoms with Gasteiger partial charge in [0.1, 0.15) is 11.6 Å². The Kier molecular flexibility index (Phi) is 1.53. The summed E-state index contributed by atoms with van der Waals surface area (Å²) in [5.74, 6) is 0.471. The van der Waals surface area contributed by atoms with Crippen LogP contribution in [0.3, 0.4) is 0 Å². The van der Waals surface area contributed by atoms with Crippen molar-refractivity contribution in [2.24, 2.45) is 0 Å². The number of halogens is 1. The zero-order valence-electron chi connectivity index (χ0n) is 6.01. The first kappa shape index (κ1) is 6.65. The third kappa shape index (κ3) is 1.09. The minimum Gasteiger partial charge on any atom is -0.465 e. The van der Waals surface area contributed by atoms with E-state index in [0.29, 0.717) is 11.3 Å². The van der Waals surface area contributed by atoms with Crippen LogP contribution in [-0.2, 0) is 4.74 Å². The smallest absolute Gasteiger partial charge is 0.133 e. The molecule has 2 heteroatoms. The predicted molar refractivity (Wildman–Crippen MR) is 40.0 cm³/mol. The molecule has 0 saturated heterocycles. The highest BCUT2D eigenvalue weighted by Gasteiger charge is 2.17. The summed E-state index contributed by atoms with van der Waals surface area (Å²) in [7, 11) is 0. The molecule has 11 heavy (non-hydrogen) atoms. The van der Waals surface area contributed by atoms with Gasteiger partial charge in [0.25, 0.3) is 0 Å². The number of allylic oxidation sites excluding steroid dienone is 4. The van der Waals surface area contributed by atoms with Crippen LogP contribution in [0.2, 0.25) is 0 Å². The van der Waals surface area contributed by atoms with Gasteiger partial charge in [-0.25, -0.2) is 4.39 Å². The molecule has 1 nitrogen and oxygen atoms in total. The Morgan fingerprint density at radius 2 is 2.27 bits per heavy atom. The van der Waals surface area contributed by atoms with Gasteiger partial charge >= 0.3 is 0 Å². The fourth-order valence-electron chi connectivity index (χ4n) is 1.24. The van der Waals surface area contributed by atoms with Gasteiger partial charge < -0.3 is 4.74 Å². The monoisotopic (exact) mass is 151 g/mol. The maximum atomic E-state index is 13.0. The Morgan fingerprint density at radius 3 is 3.09 bits per heavy atom. The lowest BCUT2D eigenvalue weighted by Gasteiger charge is -2.18. The van der Waals surface area contributed by atoms with Crippen molar-refractivity contribution >= 4 is 0 Å². The number of hydrogen-bond acceptors (Lipinski definition) is 1. The molecule has 0 amide bonds. The highest BCUT2D eigenvalue weighted by molar-refractivity contribution is 5.43. The molecule has 57 valence electrons. The van der Waals surface area contributed by atoms with Crippen LogP contribution in [0.1, 0.15) is 12.8 Å². The van der Waals surface area contributed by atoms with Gasteiger partial charge in [-0.15, -0.1) is 0 Å². The van der Waals surface area contributed by atoms with Gasteiger partial charge in [-0.3, -0.25) is 0 Å². The molecule has 0 aromatic heterocycles. The second-order valence-corrected chi connectivity index (χ2v) is 2.53. The summed E-state index contributed by atoms with van der Waals surface area (Å²) >= 11 is 0. The lowest BCUT2D eigenvalue weighted by atomic mass is 9.98. The molecule has 1 radical (unpaired) electrons. The van der Waals surface area contributed by atoms with Crippen molar-refractivity contribution in [2.75, 3.05) is 0 Å². The fraction of sp³-hybridized carbons (Fsp3) is 0.222. The molecule has 1 aliphatic carbocycles. The first-order chi connectivity index (χ1) is 5.38. The summed E-state index contributed by atoms with van der Waals surface area (Å²) in [6.45, 7) is 0. The van der Waals surface area contributed by atoms with E-state index < -0.39 is 0 Å². The van der Waals surface area contributed by atoms with E-state index in [1.165, 1.54) is 12.3 Å². The summed E-state index contributed by atoms with van der Waals surface area (Å²) in [6.07, 6.45) is 8.36. The van der Waals surface area contributed by atoms with Crippen molar-refractivity contribution in [3.8, 4) is 0 Å². The number of ether oxygens (including phenoxy) is 1. The van der Waals surface area contributed by atoms with Crippen molar-refractivity contribution in [3.63, 3.8) is 0 Å². The molecule has 0 atom stereocenters. The summed E-state index contributed by atoms with van der Waals surface area (Å²) < 4.78 is 18.1. The van der Waals surface area contributed by atoms with Gasteiger partial charge in [0.05, 0.1) is 6.26 Å². The summed E-state index contributed by atoms with van der Waals surface area (Å²) in [5, 5.41) is 0. The average Bonchev–Trinajstić information content (AvgIpc) is 2.06. The van der Waals surface area contributed by atoms with E-state index in [2.05, 4.69) is 0 Å². The van der Waals surface area contributed by atoms with Crippen LogP contribution < -0.4 is 0 Å². The third-order valence-corrected chi connectivity index (χ3v) is 1.78. The molecular weight excluding hydrogens is 143 g/mol. The van der Waals surface area contributed by atoms with Crippen LogP contribution in [0.4, 0.5) is 4.39 Å². The molecule has 1 heterocycles. The van der Waals surface area contributed by atoms with Gasteiger partial charge in [0, 0.05) is 11.6 Å². The summed E-state index contributed by atoms with van der Waals surface area (Å²) in [5.41, 5.74) is 0.610. The topological polar surface area (TPSA) is 9.23 Å². The molecule has 0 N–H and O–H groups in total. The molecule has 0 fully saturated rings. The molecule has 0 aromatic carbocycles. The van der Waals surface area contributed by atoms with Crippen molar-refractivity contribution < 1.29 is 9.13 Å². The molecule has 0 unspecified atom stereocenters. The normalized spacial score (nSPS) is 22.5. The molecule has 0 spiro atoms. The molecular formula is C9H8FO. The standard InChI is InChI=1S/C9H8FO/c10-8-5-6-11-9-4-2-1-3-7(8)9/h3-6H,1-2H2. The Bertz CT molecular complexity index is 261. The molecule has 2 aliphatic rings. The Morgan fingerprint density at radius 1 is 1.36 bits per heavy atom. The largest absolute Gasteiger partial charge is 0.465 e. The lowest BCUT2D eigenvalue weighted by Crippen LogP contribution is -2.03. The van der Waals surface area contributed by atoms with E-state index in [4.69, 9.17) is 4.74 Å². The first-order valence-corrected chi connectivity index (χ1v) is 3.64. The second kappa shape index (κ2) is 2.53. The zero-order valence-corrected chi connectivity index (χ0v) is 6.01. The second-order valence-electron chi connectivity index (χ2n) is 2.53.